The molecule has 0 saturated carbocycles. The summed E-state index contributed by atoms with van der Waals surface area (Å²) in [5.41, 5.74) is 1.69. The van der Waals surface area contributed by atoms with Crippen LogP contribution in [0, 0.1) is 0 Å². The number of nitrogens with one attached hydrogen (secondary N) is 1. The molecule has 158 valence electrons. The molecule has 0 bridgehead atoms. The molecule has 1 fully saturated rings. The van der Waals surface area contributed by atoms with E-state index in [4.69, 9.17) is 4.42 Å². The predicted octanol–water partition coefficient (Wildman–Crippen LogP) is 2.79. The molecule has 0 radical (unpaired) electrons. The Balaban J connectivity index is 1.43. The van der Waals surface area contributed by atoms with E-state index in [2.05, 4.69) is 15.2 Å². The van der Waals surface area contributed by atoms with Gasteiger partial charge in [-0.2, -0.15) is 0 Å². The van der Waals surface area contributed by atoms with Crippen molar-refractivity contribution >= 4 is 17.9 Å². The lowest BCUT2D eigenvalue weighted by atomic mass is 10.2. The molecule has 3 heterocycles. The second-order valence-corrected chi connectivity index (χ2v) is 7.28. The smallest absolute Gasteiger partial charge is 0.270 e. The number of amides is 2. The summed E-state index contributed by atoms with van der Waals surface area (Å²) >= 11 is 0. The van der Waals surface area contributed by atoms with Crippen LogP contribution in [0.3, 0.4) is 0 Å². The summed E-state index contributed by atoms with van der Waals surface area (Å²) in [6.45, 7) is 3.37. The largest absolute Gasteiger partial charge is 0.465 e. The first-order valence-corrected chi connectivity index (χ1v) is 10.2. The Morgan fingerprint density at radius 3 is 2.42 bits per heavy atom. The summed E-state index contributed by atoms with van der Waals surface area (Å²) in [4.78, 5) is 34.3. The third-order valence-electron chi connectivity index (χ3n) is 5.12. The van der Waals surface area contributed by atoms with Crippen LogP contribution in [0.2, 0.25) is 0 Å². The molecule has 3 aromatic rings. The van der Waals surface area contributed by atoms with E-state index in [-0.39, 0.29) is 17.5 Å². The first kappa shape index (κ1) is 20.6. The maximum absolute atomic E-state index is 13.2. The number of benzene rings is 1. The van der Waals surface area contributed by atoms with Gasteiger partial charge in [-0.15, -0.1) is 0 Å². The van der Waals surface area contributed by atoms with Crippen LogP contribution in [-0.4, -0.2) is 52.8 Å². The molecule has 1 aliphatic heterocycles. The van der Waals surface area contributed by atoms with E-state index in [0.29, 0.717) is 24.4 Å². The Labute approximate surface area is 181 Å². The molecule has 4 rings (SSSR count). The third-order valence-corrected chi connectivity index (χ3v) is 5.12. The van der Waals surface area contributed by atoms with Crippen molar-refractivity contribution in [3.8, 4) is 0 Å². The molecule has 7 heteroatoms. The molecule has 7 nitrogen and oxygen atoms in total. The monoisotopic (exact) mass is 416 g/mol. The van der Waals surface area contributed by atoms with Gasteiger partial charge < -0.3 is 14.6 Å². The van der Waals surface area contributed by atoms with E-state index in [1.807, 2.05) is 24.3 Å². The third kappa shape index (κ3) is 5.46. The molecule has 2 aromatic heterocycles. The number of carbonyl (C=O) groups is 2. The molecule has 1 aliphatic rings. The molecule has 1 aromatic carbocycles. The van der Waals surface area contributed by atoms with Gasteiger partial charge in [-0.3, -0.25) is 19.5 Å². The van der Waals surface area contributed by atoms with Gasteiger partial charge in [0.2, 0.25) is 0 Å². The van der Waals surface area contributed by atoms with Gasteiger partial charge in [-0.25, -0.2) is 0 Å². The van der Waals surface area contributed by atoms with E-state index < -0.39 is 0 Å². The van der Waals surface area contributed by atoms with Crippen molar-refractivity contribution in [1.29, 1.82) is 0 Å². The highest BCUT2D eigenvalue weighted by Crippen LogP contribution is 2.13. The molecular weight excluding hydrogens is 392 g/mol. The number of hydrogen-bond donors (Lipinski definition) is 1. The van der Waals surface area contributed by atoms with Crippen LogP contribution >= 0.6 is 0 Å². The first-order valence-electron chi connectivity index (χ1n) is 10.2. The summed E-state index contributed by atoms with van der Waals surface area (Å²) in [6, 6.07) is 18.2. The zero-order valence-corrected chi connectivity index (χ0v) is 17.1. The molecule has 0 spiro atoms. The fourth-order valence-corrected chi connectivity index (χ4v) is 3.45. The Hall–Kier alpha value is -3.71. The number of nitrogens with zero attached hydrogens (tertiary/aromatic N) is 3. The topological polar surface area (TPSA) is 78.7 Å². The number of aromatic nitrogens is 1. The Morgan fingerprint density at radius 1 is 0.968 bits per heavy atom. The maximum atomic E-state index is 13.2. The molecule has 0 atom stereocenters. The Bertz CT molecular complexity index is 1030. The van der Waals surface area contributed by atoms with E-state index in [9.17, 15) is 9.59 Å². The van der Waals surface area contributed by atoms with Gasteiger partial charge >= 0.3 is 0 Å². The lowest BCUT2D eigenvalue weighted by Crippen LogP contribution is -2.50. The second-order valence-electron chi connectivity index (χ2n) is 7.28. The highest BCUT2D eigenvalue weighted by atomic mass is 16.3. The van der Waals surface area contributed by atoms with Crippen LogP contribution in [0.15, 0.2) is 83.2 Å². The lowest BCUT2D eigenvalue weighted by molar-refractivity contribution is -0.129. The molecule has 31 heavy (non-hydrogen) atoms. The highest BCUT2D eigenvalue weighted by Gasteiger charge is 2.25. The van der Waals surface area contributed by atoms with Crippen molar-refractivity contribution in [1.82, 2.24) is 20.1 Å². The minimum atomic E-state index is -0.333. The standard InChI is InChI=1S/C24H24N4O3/c29-23(19-7-2-1-3-8-19)26-22(17-21-10-6-16-31-21)24(30)28-14-12-27(13-15-28)18-20-9-4-5-11-25-20/h1-11,16-17H,12-15,18H2,(H,26,29). The van der Waals surface area contributed by atoms with Gasteiger partial charge in [0.1, 0.15) is 11.5 Å². The minimum Gasteiger partial charge on any atom is -0.465 e. The summed E-state index contributed by atoms with van der Waals surface area (Å²) in [7, 11) is 0. The molecular formula is C24H24N4O3. The number of pyridine rings is 1. The number of furan rings is 1. The summed E-state index contributed by atoms with van der Waals surface area (Å²) < 4.78 is 5.36. The average Bonchev–Trinajstić information content (AvgIpc) is 3.33. The molecule has 1 N–H and O–H groups in total. The zero-order valence-electron chi connectivity index (χ0n) is 17.1. The normalized spacial score (nSPS) is 15.0. The number of hydrogen-bond acceptors (Lipinski definition) is 5. The van der Waals surface area contributed by atoms with Gasteiger partial charge in [0.25, 0.3) is 11.8 Å². The van der Waals surface area contributed by atoms with Crippen molar-refractivity contribution in [3.05, 3.63) is 95.8 Å². The van der Waals surface area contributed by atoms with Crippen LogP contribution in [0.5, 0.6) is 0 Å². The van der Waals surface area contributed by atoms with Gasteiger partial charge in [0, 0.05) is 50.6 Å². The summed E-state index contributed by atoms with van der Waals surface area (Å²) in [5.74, 6) is -0.0517. The van der Waals surface area contributed by atoms with Crippen molar-refractivity contribution in [2.24, 2.45) is 0 Å². The second kappa shape index (κ2) is 9.86. The van der Waals surface area contributed by atoms with Crippen molar-refractivity contribution < 1.29 is 14.0 Å². The first-order chi connectivity index (χ1) is 15.2. The SMILES string of the molecule is O=C(NC(=Cc1ccco1)C(=O)N1CCN(Cc2ccccn2)CC1)c1ccccc1. The van der Waals surface area contributed by atoms with Crippen LogP contribution in [0.4, 0.5) is 0 Å². The molecule has 1 saturated heterocycles. The van der Waals surface area contributed by atoms with Gasteiger partial charge in [0.05, 0.1) is 12.0 Å². The lowest BCUT2D eigenvalue weighted by Gasteiger charge is -2.35. The highest BCUT2D eigenvalue weighted by molar-refractivity contribution is 6.05. The van der Waals surface area contributed by atoms with Gasteiger partial charge in [0.15, 0.2) is 0 Å². The Kier molecular flexibility index (Phi) is 6.54. The zero-order chi connectivity index (χ0) is 21.5. The number of rotatable bonds is 6. The molecule has 0 aliphatic carbocycles. The summed E-state index contributed by atoms with van der Waals surface area (Å²) in [5, 5.41) is 2.77. The molecule has 0 unspecified atom stereocenters. The number of carbonyl (C=O) groups excluding carboxylic acids is 2. The maximum Gasteiger partial charge on any atom is 0.270 e. The van der Waals surface area contributed by atoms with Crippen LogP contribution in [0.1, 0.15) is 21.8 Å². The quantitative estimate of drug-likeness (QED) is 0.625. The van der Waals surface area contributed by atoms with Crippen LogP contribution in [0.25, 0.3) is 6.08 Å². The fraction of sp³-hybridized carbons (Fsp3) is 0.208. The van der Waals surface area contributed by atoms with E-state index in [1.54, 1.807) is 53.6 Å². The fourth-order valence-electron chi connectivity index (χ4n) is 3.45. The van der Waals surface area contributed by atoms with Crippen molar-refractivity contribution in [3.63, 3.8) is 0 Å². The van der Waals surface area contributed by atoms with E-state index in [1.165, 1.54) is 6.26 Å². The van der Waals surface area contributed by atoms with Gasteiger partial charge in [-0.1, -0.05) is 24.3 Å². The number of piperazine rings is 1. The van der Waals surface area contributed by atoms with Gasteiger partial charge in [-0.05, 0) is 36.4 Å². The van der Waals surface area contributed by atoms with Crippen LogP contribution < -0.4 is 5.32 Å². The molecule has 2 amide bonds. The van der Waals surface area contributed by atoms with E-state index >= 15 is 0 Å². The Morgan fingerprint density at radius 2 is 1.74 bits per heavy atom. The average molecular weight is 416 g/mol. The van der Waals surface area contributed by atoms with Crippen LogP contribution in [-0.2, 0) is 11.3 Å². The minimum absolute atomic E-state index is 0.196. The van der Waals surface area contributed by atoms with Crippen molar-refractivity contribution in [2.75, 3.05) is 26.2 Å². The summed E-state index contributed by atoms with van der Waals surface area (Å²) in [6.07, 6.45) is 4.89. The van der Waals surface area contributed by atoms with E-state index in [0.717, 1.165) is 25.3 Å². The predicted molar refractivity (Wildman–Crippen MR) is 117 cm³/mol. The van der Waals surface area contributed by atoms with Crippen molar-refractivity contribution in [2.45, 2.75) is 6.54 Å².